The average molecular weight is 102 g/mol. The van der Waals surface area contributed by atoms with Crippen molar-refractivity contribution in [3.8, 4) is 0 Å². The van der Waals surface area contributed by atoms with Gasteiger partial charge in [-0.1, -0.05) is 19.1 Å². The molecule has 0 aliphatic carbocycles. The molecule has 0 bridgehead atoms. The van der Waals surface area contributed by atoms with Gasteiger partial charge in [0.1, 0.15) is 0 Å². The van der Waals surface area contributed by atoms with E-state index < -0.39 is 0 Å². The van der Waals surface area contributed by atoms with Gasteiger partial charge in [0.25, 0.3) is 0 Å². The molecule has 0 saturated heterocycles. The second-order valence-electron chi connectivity index (χ2n) is 1.26. The first-order valence-corrected chi connectivity index (χ1v) is 2.72. The van der Waals surface area contributed by atoms with Crippen LogP contribution >= 0.6 is 12.6 Å². The summed E-state index contributed by atoms with van der Waals surface area (Å²) >= 11 is 4.00. The maximum Gasteiger partial charge on any atom is 0.0110 e. The van der Waals surface area contributed by atoms with Crippen molar-refractivity contribution in [2.24, 2.45) is 0 Å². The zero-order valence-electron chi connectivity index (χ0n) is 4.07. The molecule has 0 aromatic carbocycles. The molecule has 0 amide bonds. The van der Waals surface area contributed by atoms with E-state index in [0.29, 0.717) is 0 Å². The van der Waals surface area contributed by atoms with Gasteiger partial charge in [-0.05, 0) is 6.42 Å². The number of thiol groups is 1. The van der Waals surface area contributed by atoms with E-state index in [2.05, 4.69) is 26.1 Å². The second kappa shape index (κ2) is 3.29. The highest BCUT2D eigenvalue weighted by Gasteiger charge is 1.78. The minimum absolute atomic E-state index is 0.830. The van der Waals surface area contributed by atoms with Gasteiger partial charge >= 0.3 is 0 Å². The van der Waals surface area contributed by atoms with Crippen LogP contribution in [-0.2, 0) is 0 Å². The lowest BCUT2D eigenvalue weighted by Crippen LogP contribution is -1.74. The van der Waals surface area contributed by atoms with Crippen molar-refractivity contribution in [1.82, 2.24) is 0 Å². The monoisotopic (exact) mass is 102 g/mol. The van der Waals surface area contributed by atoms with E-state index in [0.717, 1.165) is 12.2 Å². The van der Waals surface area contributed by atoms with Gasteiger partial charge in [-0.3, -0.25) is 0 Å². The van der Waals surface area contributed by atoms with Crippen LogP contribution in [0.15, 0.2) is 12.2 Å². The zero-order valence-corrected chi connectivity index (χ0v) is 4.96. The van der Waals surface area contributed by atoms with E-state index >= 15 is 0 Å². The topological polar surface area (TPSA) is 0 Å². The zero-order chi connectivity index (χ0) is 4.99. The van der Waals surface area contributed by atoms with E-state index in [1.165, 1.54) is 5.57 Å². The fraction of sp³-hybridized carbons (Fsp3) is 0.600. The molecule has 0 unspecified atom stereocenters. The predicted molar refractivity (Wildman–Crippen MR) is 33.3 cm³/mol. The van der Waals surface area contributed by atoms with Crippen molar-refractivity contribution in [2.45, 2.75) is 13.3 Å². The number of rotatable bonds is 2. The molecule has 0 fully saturated rings. The van der Waals surface area contributed by atoms with Crippen molar-refractivity contribution in [3.05, 3.63) is 12.2 Å². The van der Waals surface area contributed by atoms with E-state index in [9.17, 15) is 0 Å². The Kier molecular flexibility index (Phi) is 3.34. The van der Waals surface area contributed by atoms with Gasteiger partial charge < -0.3 is 0 Å². The summed E-state index contributed by atoms with van der Waals surface area (Å²) in [5.41, 5.74) is 1.21. The molecule has 36 valence electrons. The van der Waals surface area contributed by atoms with Crippen LogP contribution in [0.25, 0.3) is 0 Å². The summed E-state index contributed by atoms with van der Waals surface area (Å²) in [6.07, 6.45) is 1.06. The molecule has 0 aromatic heterocycles. The lowest BCUT2D eigenvalue weighted by Gasteiger charge is -1.88. The van der Waals surface area contributed by atoms with E-state index in [4.69, 9.17) is 0 Å². The van der Waals surface area contributed by atoms with Crippen LogP contribution in [0.5, 0.6) is 0 Å². The van der Waals surface area contributed by atoms with Crippen LogP contribution in [0.4, 0.5) is 0 Å². The first-order chi connectivity index (χ1) is 2.81. The normalized spacial score (nSPS) is 8.33. The van der Waals surface area contributed by atoms with E-state index in [1.807, 2.05) is 0 Å². The third-order valence-electron chi connectivity index (χ3n) is 0.724. The maximum absolute atomic E-state index is 4.00. The Morgan fingerprint density at radius 3 is 2.33 bits per heavy atom. The quantitative estimate of drug-likeness (QED) is 0.399. The Hall–Kier alpha value is 0.0900. The first kappa shape index (κ1) is 6.09. The Labute approximate surface area is 44.7 Å². The fourth-order valence-corrected chi connectivity index (χ4v) is 0.335. The average Bonchev–Trinajstić information content (AvgIpc) is 1.65. The largest absolute Gasteiger partial charge is 0.175 e. The third kappa shape index (κ3) is 2.33. The minimum Gasteiger partial charge on any atom is -0.175 e. The first-order valence-electron chi connectivity index (χ1n) is 2.08. The molecule has 1 heteroatoms. The van der Waals surface area contributed by atoms with Crippen LogP contribution in [0, 0.1) is 0 Å². The highest BCUT2D eigenvalue weighted by molar-refractivity contribution is 7.80. The lowest BCUT2D eigenvalue weighted by atomic mass is 10.3. The maximum atomic E-state index is 4.00. The van der Waals surface area contributed by atoms with Gasteiger partial charge in [-0.15, -0.1) is 0 Å². The highest BCUT2D eigenvalue weighted by Crippen LogP contribution is 1.95. The van der Waals surface area contributed by atoms with Gasteiger partial charge in [0, 0.05) is 5.75 Å². The Bertz CT molecular complexity index is 41.9. The van der Waals surface area contributed by atoms with Gasteiger partial charge in [0.2, 0.25) is 0 Å². The summed E-state index contributed by atoms with van der Waals surface area (Å²) in [6, 6.07) is 0. The SMILES string of the molecule is C=C(CC)CS. The van der Waals surface area contributed by atoms with Gasteiger partial charge in [0.05, 0.1) is 0 Å². The van der Waals surface area contributed by atoms with Gasteiger partial charge in [0.15, 0.2) is 0 Å². The van der Waals surface area contributed by atoms with Crippen molar-refractivity contribution in [1.29, 1.82) is 0 Å². The van der Waals surface area contributed by atoms with Crippen molar-refractivity contribution >= 4 is 12.6 Å². The molecule has 0 radical (unpaired) electrons. The predicted octanol–water partition coefficient (Wildman–Crippen LogP) is 1.88. The highest BCUT2D eigenvalue weighted by atomic mass is 32.1. The standard InChI is InChI=1S/C5H10S/c1-3-5(2)4-6/h6H,2-4H2,1H3. The fourth-order valence-electron chi connectivity index (χ4n) is 0.112. The summed E-state index contributed by atoms with van der Waals surface area (Å²) in [6.45, 7) is 5.80. The Balaban J connectivity index is 2.99. The number of hydrogen-bond acceptors (Lipinski definition) is 1. The molecule has 0 saturated carbocycles. The van der Waals surface area contributed by atoms with Crippen LogP contribution in [0.2, 0.25) is 0 Å². The van der Waals surface area contributed by atoms with Crippen LogP contribution in [-0.4, -0.2) is 5.75 Å². The Morgan fingerprint density at radius 2 is 2.33 bits per heavy atom. The molecule has 0 nitrogen and oxygen atoms in total. The molecular weight excluding hydrogens is 92.1 g/mol. The van der Waals surface area contributed by atoms with Crippen LogP contribution in [0.1, 0.15) is 13.3 Å². The van der Waals surface area contributed by atoms with Crippen molar-refractivity contribution in [2.75, 3.05) is 5.75 Å². The van der Waals surface area contributed by atoms with Gasteiger partial charge in [-0.2, -0.15) is 12.6 Å². The molecule has 0 aliphatic heterocycles. The molecule has 0 rings (SSSR count). The minimum atomic E-state index is 0.830. The molecular formula is C5H10S. The summed E-state index contributed by atoms with van der Waals surface area (Å²) < 4.78 is 0. The smallest absolute Gasteiger partial charge is 0.0110 e. The second-order valence-corrected chi connectivity index (χ2v) is 1.58. The summed E-state index contributed by atoms with van der Waals surface area (Å²) in [5.74, 6) is 0.830. The van der Waals surface area contributed by atoms with Crippen molar-refractivity contribution in [3.63, 3.8) is 0 Å². The third-order valence-corrected chi connectivity index (χ3v) is 1.17. The Morgan fingerprint density at radius 1 is 1.83 bits per heavy atom. The molecule has 0 N–H and O–H groups in total. The summed E-state index contributed by atoms with van der Waals surface area (Å²) in [5, 5.41) is 0. The molecule has 0 heterocycles. The van der Waals surface area contributed by atoms with Crippen LogP contribution < -0.4 is 0 Å². The summed E-state index contributed by atoms with van der Waals surface area (Å²) in [7, 11) is 0. The molecule has 6 heavy (non-hydrogen) atoms. The van der Waals surface area contributed by atoms with Crippen molar-refractivity contribution < 1.29 is 0 Å². The molecule has 0 aromatic rings. The van der Waals surface area contributed by atoms with E-state index in [1.54, 1.807) is 0 Å². The van der Waals surface area contributed by atoms with Crippen LogP contribution in [0.3, 0.4) is 0 Å². The molecule has 0 spiro atoms. The molecule has 0 atom stereocenters. The van der Waals surface area contributed by atoms with Gasteiger partial charge in [-0.25, -0.2) is 0 Å². The molecule has 0 aliphatic rings. The number of hydrogen-bond donors (Lipinski definition) is 1. The lowest BCUT2D eigenvalue weighted by molar-refractivity contribution is 1.12. The summed E-state index contributed by atoms with van der Waals surface area (Å²) in [4.78, 5) is 0. The van der Waals surface area contributed by atoms with E-state index in [-0.39, 0.29) is 0 Å².